The van der Waals surface area contributed by atoms with Crippen LogP contribution in [0.2, 0.25) is 0 Å². The zero-order chi connectivity index (χ0) is 75.9. The quantitative estimate of drug-likeness (QED) is 0.138. The lowest BCUT2D eigenvalue weighted by atomic mass is 9.67. The Balaban J connectivity index is 0.000000145. The van der Waals surface area contributed by atoms with Gasteiger partial charge in [0.05, 0.1) is 28.0 Å². The third-order valence-corrected chi connectivity index (χ3v) is 25.2. The predicted octanol–water partition coefficient (Wildman–Crippen LogP) is 25.3. The topological polar surface area (TPSA) is 125 Å². The first-order chi connectivity index (χ1) is 56.4. The summed E-state index contributed by atoms with van der Waals surface area (Å²) in [6.45, 7) is 0. The molecule has 22 rings (SSSR count). The lowest BCUT2D eigenvalue weighted by Crippen LogP contribution is -2.32. The molecule has 530 valence electrons. The molecule has 2 atom stereocenters. The molecule has 16 aromatic carbocycles. The standard InChI is InChI=1S/C57H34N4S.C47H28N4S/c58-35-36-29-31-37(32-30-36)40-33-34-43(42-20-8-7-19-41(40)42)44-22-13-27-50-53(44)62-51-28-12-11-25-48(51)57(50)47-24-10-9-21-45(47)52-46(23-14-26-49(52)57)56-60-54(38-15-3-1-4-16-38)59-55(61-56)39-17-5-2-6-18-39;48-29-34-17-11-23-40-43(34)52-41-24-10-9-21-38(41)47(40)37-20-8-7-18-36(37)42-35(19-12-22-39(42)47)30-25-27-33(28-26-30)46-50-44(31-13-3-1-4-14-31)49-45(51-46)32-15-5-2-6-16-32/h1-34H;1-28H. The third-order valence-electron chi connectivity index (χ3n) is 22.7. The van der Waals surface area contributed by atoms with Crippen molar-refractivity contribution in [2.45, 2.75) is 30.4 Å². The molecule has 2 unspecified atom stereocenters. The molecule has 2 aliphatic heterocycles. The molecular weight excluding hydrogens is 1430 g/mol. The van der Waals surface area contributed by atoms with Crippen molar-refractivity contribution >= 4 is 34.3 Å². The number of hydrogen-bond donors (Lipinski definition) is 0. The SMILES string of the molecule is N#Cc1ccc(-c2ccc(-c3cccc4c3Sc3ccccc3C43c4ccccc4-c4c(-c5nc(-c6ccccc6)nc(-c6ccccc6)n5)cccc43)c3ccccc23)cc1.N#Cc1cccc2c1Sc1ccccc1C21c2ccccc2-c2c(-c3ccc(-c4nc(-c5ccccc5)nc(-c5ccccc5)n4)cc3)cccc21. The Morgan fingerprint density at radius 3 is 1.04 bits per heavy atom. The fourth-order valence-corrected chi connectivity index (χ4v) is 20.4. The molecule has 4 heterocycles. The summed E-state index contributed by atoms with van der Waals surface area (Å²) in [5.41, 5.74) is 27.3. The minimum Gasteiger partial charge on any atom is -0.208 e. The van der Waals surface area contributed by atoms with Crippen molar-refractivity contribution in [1.29, 1.82) is 10.5 Å². The highest BCUT2D eigenvalue weighted by Crippen LogP contribution is 2.66. The minimum absolute atomic E-state index is 0.557. The summed E-state index contributed by atoms with van der Waals surface area (Å²) in [7, 11) is 0. The Bertz CT molecular complexity index is 6890. The van der Waals surface area contributed by atoms with Gasteiger partial charge in [-0.3, -0.25) is 0 Å². The second-order valence-corrected chi connectivity index (χ2v) is 30.9. The van der Waals surface area contributed by atoms with Gasteiger partial charge in [-0.25, -0.2) is 29.9 Å². The van der Waals surface area contributed by atoms with Gasteiger partial charge in [-0.15, -0.1) is 0 Å². The average Bonchev–Trinajstić information content (AvgIpc) is 1.48. The Labute approximate surface area is 668 Å². The highest BCUT2D eigenvalue weighted by Gasteiger charge is 2.53. The van der Waals surface area contributed by atoms with Crippen molar-refractivity contribution in [3.8, 4) is 136 Å². The normalized spacial score (nSPS) is 14.6. The molecule has 2 aromatic heterocycles. The van der Waals surface area contributed by atoms with E-state index in [4.69, 9.17) is 29.9 Å². The van der Waals surface area contributed by atoms with Gasteiger partial charge in [0.1, 0.15) is 6.07 Å². The van der Waals surface area contributed by atoms with E-state index in [1.54, 1.807) is 11.8 Å². The summed E-state index contributed by atoms with van der Waals surface area (Å²) in [5.74, 6) is 3.83. The Morgan fingerprint density at radius 1 is 0.211 bits per heavy atom. The number of hydrogen-bond acceptors (Lipinski definition) is 10. The second-order valence-electron chi connectivity index (χ2n) is 28.8. The Kier molecular flexibility index (Phi) is 16.5. The molecule has 0 amide bonds. The molecule has 0 radical (unpaired) electrons. The van der Waals surface area contributed by atoms with Crippen molar-refractivity contribution in [2.24, 2.45) is 0 Å². The lowest BCUT2D eigenvalue weighted by Gasteiger charge is -2.40. The maximum Gasteiger partial charge on any atom is 0.164 e. The van der Waals surface area contributed by atoms with Crippen LogP contribution in [0.3, 0.4) is 0 Å². The smallest absolute Gasteiger partial charge is 0.164 e. The average molecular weight is 1490 g/mol. The van der Waals surface area contributed by atoms with Crippen LogP contribution < -0.4 is 0 Å². The zero-order valence-corrected chi connectivity index (χ0v) is 62.8. The first-order valence-corrected chi connectivity index (χ1v) is 39.6. The van der Waals surface area contributed by atoms with Gasteiger partial charge in [0, 0.05) is 53.0 Å². The van der Waals surface area contributed by atoms with Crippen LogP contribution in [0.1, 0.15) is 55.6 Å². The van der Waals surface area contributed by atoms with E-state index in [0.29, 0.717) is 46.1 Å². The van der Waals surface area contributed by atoms with E-state index in [1.807, 2.05) is 145 Å². The van der Waals surface area contributed by atoms with E-state index in [2.05, 4.69) is 255 Å². The summed E-state index contributed by atoms with van der Waals surface area (Å²) < 4.78 is 0. The van der Waals surface area contributed by atoms with Gasteiger partial charge in [0.2, 0.25) is 0 Å². The Morgan fingerprint density at radius 2 is 0.544 bits per heavy atom. The van der Waals surface area contributed by atoms with Gasteiger partial charge in [-0.1, -0.05) is 369 Å². The van der Waals surface area contributed by atoms with Crippen molar-refractivity contribution < 1.29 is 0 Å². The molecule has 114 heavy (non-hydrogen) atoms. The summed E-state index contributed by atoms with van der Waals surface area (Å²) in [6, 6.07) is 137. The van der Waals surface area contributed by atoms with E-state index in [1.165, 1.54) is 92.2 Å². The van der Waals surface area contributed by atoms with E-state index < -0.39 is 10.8 Å². The van der Waals surface area contributed by atoms with Crippen molar-refractivity contribution in [2.75, 3.05) is 0 Å². The van der Waals surface area contributed by atoms with Crippen LogP contribution >= 0.6 is 23.5 Å². The van der Waals surface area contributed by atoms with Gasteiger partial charge in [0.25, 0.3) is 0 Å². The number of benzene rings is 16. The fraction of sp³-hybridized carbons (Fsp3) is 0.0192. The van der Waals surface area contributed by atoms with Crippen LogP contribution in [0.5, 0.6) is 0 Å². The van der Waals surface area contributed by atoms with Crippen LogP contribution in [-0.4, -0.2) is 29.9 Å². The van der Waals surface area contributed by atoms with Gasteiger partial charge in [-0.2, -0.15) is 10.5 Å². The molecule has 8 nitrogen and oxygen atoms in total. The molecule has 10 heteroatoms. The van der Waals surface area contributed by atoms with Gasteiger partial charge < -0.3 is 0 Å². The minimum atomic E-state index is -0.620. The van der Waals surface area contributed by atoms with Gasteiger partial charge in [0.15, 0.2) is 34.9 Å². The monoisotopic (exact) mass is 1490 g/mol. The maximum atomic E-state index is 10.2. The number of fused-ring (bicyclic) bond motifs is 19. The van der Waals surface area contributed by atoms with Crippen LogP contribution in [0.4, 0.5) is 0 Å². The molecule has 0 bridgehead atoms. The van der Waals surface area contributed by atoms with Crippen LogP contribution in [0.25, 0.3) is 135 Å². The van der Waals surface area contributed by atoms with Gasteiger partial charge >= 0.3 is 0 Å². The summed E-state index contributed by atoms with van der Waals surface area (Å²) >= 11 is 3.57. The highest BCUT2D eigenvalue weighted by atomic mass is 32.2. The molecule has 0 N–H and O–H groups in total. The Hall–Kier alpha value is -14.5. The van der Waals surface area contributed by atoms with Crippen molar-refractivity contribution in [3.05, 3.63) is 432 Å². The van der Waals surface area contributed by atoms with E-state index in [-0.39, 0.29) is 0 Å². The van der Waals surface area contributed by atoms with Crippen LogP contribution in [-0.2, 0) is 10.8 Å². The number of nitrogens with zero attached hydrogens (tertiary/aromatic N) is 8. The second kappa shape index (κ2) is 27.8. The first kappa shape index (κ1) is 67.6. The first-order valence-electron chi connectivity index (χ1n) is 38.0. The van der Waals surface area contributed by atoms with E-state index >= 15 is 0 Å². The van der Waals surface area contributed by atoms with Crippen molar-refractivity contribution in [1.82, 2.24) is 29.9 Å². The number of aromatic nitrogens is 6. The predicted molar refractivity (Wildman–Crippen MR) is 458 cm³/mol. The van der Waals surface area contributed by atoms with Crippen LogP contribution in [0.15, 0.2) is 396 Å². The van der Waals surface area contributed by atoms with E-state index in [0.717, 1.165) is 71.7 Å². The molecule has 0 saturated heterocycles. The molecule has 0 fully saturated rings. The van der Waals surface area contributed by atoms with Crippen molar-refractivity contribution in [3.63, 3.8) is 0 Å². The summed E-state index contributed by atoms with van der Waals surface area (Å²) in [6.07, 6.45) is 0. The molecule has 2 spiro atoms. The number of rotatable bonds is 9. The highest BCUT2D eigenvalue weighted by molar-refractivity contribution is 8.00. The summed E-state index contributed by atoms with van der Waals surface area (Å²) in [5, 5.41) is 22.1. The maximum absolute atomic E-state index is 10.2. The zero-order valence-electron chi connectivity index (χ0n) is 61.2. The number of nitriles is 2. The molecule has 4 aliphatic rings. The summed E-state index contributed by atoms with van der Waals surface area (Å²) in [4.78, 5) is 35.0. The molecular formula is C104H62N8S2. The largest absolute Gasteiger partial charge is 0.208 e. The van der Waals surface area contributed by atoms with Gasteiger partial charge in [-0.05, 0) is 141 Å². The molecule has 0 saturated carbocycles. The van der Waals surface area contributed by atoms with Crippen LogP contribution in [0, 0.1) is 22.7 Å². The lowest BCUT2D eigenvalue weighted by molar-refractivity contribution is 0.721. The van der Waals surface area contributed by atoms with E-state index in [9.17, 15) is 10.5 Å². The molecule has 2 aliphatic carbocycles. The molecule has 18 aromatic rings. The third kappa shape index (κ3) is 10.8. The fourth-order valence-electron chi connectivity index (χ4n) is 17.8.